The molecule has 1 amide bonds. The van der Waals surface area contributed by atoms with Crippen LogP contribution in [0.1, 0.15) is 10.4 Å². The Balaban J connectivity index is 1.81. The van der Waals surface area contributed by atoms with E-state index in [2.05, 4.69) is 20.5 Å². The summed E-state index contributed by atoms with van der Waals surface area (Å²) in [6.07, 6.45) is 0. The Hall–Kier alpha value is -4.25. The minimum atomic E-state index is -0.661. The maximum absolute atomic E-state index is 13.3. The number of hydrogen-bond acceptors (Lipinski definition) is 7. The third-order valence-corrected chi connectivity index (χ3v) is 4.79. The second kappa shape index (κ2) is 8.47. The van der Waals surface area contributed by atoms with E-state index < -0.39 is 17.1 Å². The number of halogens is 1. The zero-order chi connectivity index (χ0) is 22.8. The van der Waals surface area contributed by atoms with Gasteiger partial charge in [-0.25, -0.2) is 18.7 Å². The Morgan fingerprint density at radius 1 is 1.06 bits per heavy atom. The first-order valence-electron chi connectivity index (χ1n) is 9.62. The first-order valence-corrected chi connectivity index (χ1v) is 9.62. The molecule has 0 aliphatic heterocycles. The molecule has 0 atom stereocenters. The minimum Gasteiger partial charge on any atom is -0.351 e. The third-order valence-electron chi connectivity index (χ3n) is 4.79. The van der Waals surface area contributed by atoms with Crippen molar-refractivity contribution >= 4 is 17.1 Å². The van der Waals surface area contributed by atoms with E-state index >= 15 is 0 Å². The monoisotopic (exact) mass is 435 g/mol. The van der Waals surface area contributed by atoms with Crippen molar-refractivity contribution < 1.29 is 9.18 Å². The number of carbonyl (C=O) groups is 1. The van der Waals surface area contributed by atoms with E-state index in [-0.39, 0.29) is 22.9 Å². The van der Waals surface area contributed by atoms with Gasteiger partial charge >= 0.3 is 5.69 Å². The summed E-state index contributed by atoms with van der Waals surface area (Å²) < 4.78 is 15.4. The van der Waals surface area contributed by atoms with Crippen molar-refractivity contribution in [2.45, 2.75) is 0 Å². The van der Waals surface area contributed by atoms with E-state index in [0.717, 1.165) is 9.13 Å². The van der Waals surface area contributed by atoms with Gasteiger partial charge in [0.1, 0.15) is 5.82 Å². The zero-order valence-electron chi connectivity index (χ0n) is 16.9. The summed E-state index contributed by atoms with van der Waals surface area (Å²) in [4.78, 5) is 41.8. The fourth-order valence-corrected chi connectivity index (χ4v) is 3.10. The Morgan fingerprint density at radius 3 is 2.41 bits per heavy atom. The normalized spacial score (nSPS) is 11.0. The van der Waals surface area contributed by atoms with E-state index in [1.807, 2.05) is 0 Å². The standard InChI is InChI=1S/C21H18FN7O3/c1-28-20(31)16-18(29(21(28)32)15-8-6-14(22)7-9-15)27-26-17(25-16)12-2-4-13(5-3-12)19(30)24-11-10-23/h2-9H,10-11,23H2,1H3,(H,24,30). The number of benzene rings is 2. The predicted octanol–water partition coefficient (Wildman–Crippen LogP) is 0.369. The minimum absolute atomic E-state index is 0.0498. The lowest BCUT2D eigenvalue weighted by Gasteiger charge is -2.11. The van der Waals surface area contributed by atoms with Crippen LogP contribution in [0.15, 0.2) is 58.1 Å². The molecule has 0 unspecified atom stereocenters. The van der Waals surface area contributed by atoms with Gasteiger partial charge in [0.15, 0.2) is 17.0 Å². The Morgan fingerprint density at radius 2 is 1.75 bits per heavy atom. The molecule has 4 rings (SSSR count). The molecular weight excluding hydrogens is 417 g/mol. The topological polar surface area (TPSA) is 138 Å². The van der Waals surface area contributed by atoms with Crippen molar-refractivity contribution in [2.75, 3.05) is 13.1 Å². The van der Waals surface area contributed by atoms with Crippen LogP contribution in [0.4, 0.5) is 4.39 Å². The van der Waals surface area contributed by atoms with Gasteiger partial charge in [-0.1, -0.05) is 12.1 Å². The molecule has 0 spiro atoms. The maximum atomic E-state index is 13.3. The molecule has 32 heavy (non-hydrogen) atoms. The van der Waals surface area contributed by atoms with E-state index in [1.54, 1.807) is 24.3 Å². The smallest absolute Gasteiger partial charge is 0.337 e. The van der Waals surface area contributed by atoms with Crippen LogP contribution in [0, 0.1) is 5.82 Å². The molecule has 0 saturated heterocycles. The molecule has 162 valence electrons. The van der Waals surface area contributed by atoms with Crippen LogP contribution in [-0.4, -0.2) is 43.3 Å². The van der Waals surface area contributed by atoms with Gasteiger partial charge in [0.25, 0.3) is 11.5 Å². The lowest BCUT2D eigenvalue weighted by molar-refractivity contribution is 0.0955. The van der Waals surface area contributed by atoms with Crippen LogP contribution in [0.3, 0.4) is 0 Å². The predicted molar refractivity (Wildman–Crippen MR) is 115 cm³/mol. The average molecular weight is 435 g/mol. The lowest BCUT2D eigenvalue weighted by atomic mass is 10.1. The van der Waals surface area contributed by atoms with Crippen molar-refractivity contribution in [2.24, 2.45) is 12.8 Å². The highest BCUT2D eigenvalue weighted by atomic mass is 19.1. The Bertz CT molecular complexity index is 1430. The summed E-state index contributed by atoms with van der Waals surface area (Å²) in [5.74, 6) is -0.591. The van der Waals surface area contributed by atoms with Crippen molar-refractivity contribution in [3.8, 4) is 17.1 Å². The van der Waals surface area contributed by atoms with Gasteiger partial charge in [0.2, 0.25) is 0 Å². The third kappa shape index (κ3) is 3.76. The van der Waals surface area contributed by atoms with Crippen LogP contribution in [0.2, 0.25) is 0 Å². The first kappa shape index (κ1) is 21.0. The second-order valence-corrected chi connectivity index (χ2v) is 6.89. The summed E-state index contributed by atoms with van der Waals surface area (Å²) in [5.41, 5.74) is 5.22. The van der Waals surface area contributed by atoms with E-state index in [1.165, 1.54) is 31.3 Å². The molecule has 0 aliphatic carbocycles. The number of fused-ring (bicyclic) bond motifs is 1. The van der Waals surface area contributed by atoms with Crippen molar-refractivity contribution in [3.05, 3.63) is 80.7 Å². The molecule has 10 nitrogen and oxygen atoms in total. The molecule has 2 heterocycles. The van der Waals surface area contributed by atoms with Crippen molar-refractivity contribution in [1.29, 1.82) is 0 Å². The lowest BCUT2D eigenvalue weighted by Crippen LogP contribution is -2.38. The largest absolute Gasteiger partial charge is 0.351 e. The summed E-state index contributed by atoms with van der Waals surface area (Å²) >= 11 is 0. The molecule has 3 N–H and O–H groups in total. The number of rotatable bonds is 5. The molecular formula is C21H18FN7O3. The highest BCUT2D eigenvalue weighted by molar-refractivity contribution is 5.94. The molecule has 0 bridgehead atoms. The number of aromatic nitrogens is 5. The van der Waals surface area contributed by atoms with Gasteiger partial charge in [-0.3, -0.25) is 14.2 Å². The van der Waals surface area contributed by atoms with Crippen LogP contribution >= 0.6 is 0 Å². The van der Waals surface area contributed by atoms with Gasteiger partial charge in [-0.2, -0.15) is 0 Å². The van der Waals surface area contributed by atoms with Gasteiger partial charge in [-0.15, -0.1) is 10.2 Å². The fraction of sp³-hybridized carbons (Fsp3) is 0.143. The molecule has 0 aliphatic rings. The number of nitrogens with two attached hydrogens (primary N) is 1. The Labute approximate surface area is 180 Å². The zero-order valence-corrected chi connectivity index (χ0v) is 16.9. The highest BCUT2D eigenvalue weighted by Crippen LogP contribution is 2.17. The molecule has 4 aromatic rings. The molecule has 0 fully saturated rings. The van der Waals surface area contributed by atoms with E-state index in [9.17, 15) is 18.8 Å². The summed E-state index contributed by atoms with van der Waals surface area (Å²) in [7, 11) is 1.32. The molecule has 11 heteroatoms. The van der Waals surface area contributed by atoms with E-state index in [4.69, 9.17) is 5.73 Å². The van der Waals surface area contributed by atoms with Gasteiger partial charge < -0.3 is 11.1 Å². The molecule has 0 radical (unpaired) electrons. The van der Waals surface area contributed by atoms with Crippen LogP contribution in [0.5, 0.6) is 0 Å². The summed E-state index contributed by atoms with van der Waals surface area (Å²) in [5, 5.41) is 10.8. The van der Waals surface area contributed by atoms with Gasteiger partial charge in [0, 0.05) is 31.3 Å². The number of nitrogens with one attached hydrogen (secondary N) is 1. The highest BCUT2D eigenvalue weighted by Gasteiger charge is 2.17. The maximum Gasteiger partial charge on any atom is 0.337 e. The number of hydrogen-bond donors (Lipinski definition) is 2. The quantitative estimate of drug-likeness (QED) is 0.462. The number of amides is 1. The second-order valence-electron chi connectivity index (χ2n) is 6.89. The number of carbonyl (C=O) groups excluding carboxylic acids is 1. The van der Waals surface area contributed by atoms with Crippen LogP contribution < -0.4 is 22.3 Å². The van der Waals surface area contributed by atoms with E-state index in [0.29, 0.717) is 29.9 Å². The Kier molecular flexibility index (Phi) is 5.56. The molecule has 2 aromatic carbocycles. The van der Waals surface area contributed by atoms with Crippen molar-refractivity contribution in [1.82, 2.24) is 29.6 Å². The van der Waals surface area contributed by atoms with Gasteiger partial charge in [0.05, 0.1) is 5.69 Å². The summed E-state index contributed by atoms with van der Waals surface area (Å²) in [6, 6.07) is 11.6. The van der Waals surface area contributed by atoms with Crippen LogP contribution in [-0.2, 0) is 7.05 Å². The number of nitrogens with zero attached hydrogens (tertiary/aromatic N) is 5. The van der Waals surface area contributed by atoms with Crippen molar-refractivity contribution in [3.63, 3.8) is 0 Å². The van der Waals surface area contributed by atoms with Gasteiger partial charge in [-0.05, 0) is 36.4 Å². The average Bonchev–Trinajstić information content (AvgIpc) is 2.82. The first-order chi connectivity index (χ1) is 15.4. The molecule has 2 aromatic heterocycles. The molecule has 0 saturated carbocycles. The van der Waals surface area contributed by atoms with Crippen LogP contribution in [0.25, 0.3) is 28.2 Å². The summed E-state index contributed by atoms with van der Waals surface area (Å²) in [6.45, 7) is 0.690. The SMILES string of the molecule is Cn1c(=O)c2nc(-c3ccc(C(=O)NCCN)cc3)nnc2n(-c2ccc(F)cc2)c1=O. The fourth-order valence-electron chi connectivity index (χ4n) is 3.10.